The van der Waals surface area contributed by atoms with E-state index in [4.69, 9.17) is 0 Å². The zero-order valence-electron chi connectivity index (χ0n) is 18.9. The van der Waals surface area contributed by atoms with Gasteiger partial charge in [0.05, 0.1) is 5.56 Å². The molecule has 1 atom stereocenters. The van der Waals surface area contributed by atoms with E-state index in [2.05, 4.69) is 44.0 Å². The van der Waals surface area contributed by atoms with E-state index in [1.165, 1.54) is 38.2 Å². The average molecular weight is 420 g/mol. The van der Waals surface area contributed by atoms with Crippen molar-refractivity contribution < 1.29 is 13.2 Å². The number of hydrogen-bond acceptors (Lipinski definition) is 1. The molecular formula is C26H36F3N. The number of rotatable bonds is 6. The predicted octanol–water partition coefficient (Wildman–Crippen LogP) is 8.48. The SMILES string of the molecule is CC/C=C/C=C(\C1=C(C)C(C)CCC1)C1CC1.CCCc1ccc(C(F)(F)F)cn1. The van der Waals surface area contributed by atoms with Gasteiger partial charge >= 0.3 is 6.18 Å². The molecule has 1 unspecified atom stereocenters. The van der Waals surface area contributed by atoms with Crippen molar-refractivity contribution in [3.8, 4) is 0 Å². The highest BCUT2D eigenvalue weighted by Gasteiger charge is 2.31. The fourth-order valence-corrected chi connectivity index (χ4v) is 3.85. The molecule has 1 aromatic rings. The molecule has 0 aliphatic heterocycles. The lowest BCUT2D eigenvalue weighted by Crippen LogP contribution is -2.09. The Morgan fingerprint density at radius 1 is 1.17 bits per heavy atom. The number of aryl methyl sites for hydroxylation is 1. The van der Waals surface area contributed by atoms with E-state index in [1.807, 2.05) is 6.92 Å². The standard InChI is InChI=1S/C17H26.C9H10F3N/c1-4-5-6-9-17(15-11-12-15)16-10-7-8-13(2)14(16)3;1-2-3-8-5-4-7(6-13-8)9(10,11)12/h5-6,9,13,15H,4,7-8,10-12H2,1-3H3;4-6H,2-3H2,1H3/b6-5+,17-9-;. The van der Waals surface area contributed by atoms with Crippen molar-refractivity contribution in [2.75, 3.05) is 0 Å². The van der Waals surface area contributed by atoms with Crippen LogP contribution in [0.25, 0.3) is 0 Å². The van der Waals surface area contributed by atoms with Crippen molar-refractivity contribution in [3.63, 3.8) is 0 Å². The van der Waals surface area contributed by atoms with E-state index < -0.39 is 11.7 Å². The topological polar surface area (TPSA) is 12.9 Å². The molecule has 1 heterocycles. The highest BCUT2D eigenvalue weighted by Crippen LogP contribution is 2.45. The zero-order valence-corrected chi connectivity index (χ0v) is 18.9. The second-order valence-electron chi connectivity index (χ2n) is 8.47. The zero-order chi connectivity index (χ0) is 22.1. The van der Waals surface area contributed by atoms with Crippen LogP contribution in [-0.2, 0) is 12.6 Å². The van der Waals surface area contributed by atoms with Crippen LogP contribution in [0.5, 0.6) is 0 Å². The van der Waals surface area contributed by atoms with Gasteiger partial charge in [0.1, 0.15) is 0 Å². The molecule has 0 bridgehead atoms. The minimum atomic E-state index is -4.28. The van der Waals surface area contributed by atoms with Crippen molar-refractivity contribution in [2.45, 2.75) is 85.2 Å². The van der Waals surface area contributed by atoms with Gasteiger partial charge in [-0.15, -0.1) is 0 Å². The molecule has 0 aromatic carbocycles. The van der Waals surface area contributed by atoms with Gasteiger partial charge in [-0.2, -0.15) is 13.2 Å². The van der Waals surface area contributed by atoms with Crippen LogP contribution in [0.4, 0.5) is 13.2 Å². The summed E-state index contributed by atoms with van der Waals surface area (Å²) in [4.78, 5) is 3.71. The van der Waals surface area contributed by atoms with Gasteiger partial charge in [0.15, 0.2) is 0 Å². The molecule has 1 aromatic heterocycles. The maximum Gasteiger partial charge on any atom is 0.417 e. The largest absolute Gasteiger partial charge is 0.417 e. The third-order valence-corrected chi connectivity index (χ3v) is 5.95. The lowest BCUT2D eigenvalue weighted by molar-refractivity contribution is -0.137. The van der Waals surface area contributed by atoms with Crippen LogP contribution in [0.2, 0.25) is 0 Å². The molecule has 166 valence electrons. The van der Waals surface area contributed by atoms with Gasteiger partial charge in [-0.05, 0) is 87.0 Å². The summed E-state index contributed by atoms with van der Waals surface area (Å²) in [7, 11) is 0. The Balaban J connectivity index is 0.000000222. The molecule has 2 aliphatic rings. The molecule has 2 aliphatic carbocycles. The Kier molecular flexibility index (Phi) is 9.38. The van der Waals surface area contributed by atoms with Gasteiger partial charge in [-0.1, -0.05) is 51.0 Å². The molecule has 0 radical (unpaired) electrons. The van der Waals surface area contributed by atoms with Gasteiger partial charge < -0.3 is 0 Å². The average Bonchev–Trinajstić information content (AvgIpc) is 3.54. The number of halogens is 3. The Labute approximate surface area is 180 Å². The molecule has 3 rings (SSSR count). The van der Waals surface area contributed by atoms with Crippen LogP contribution in [-0.4, -0.2) is 4.98 Å². The molecule has 0 saturated heterocycles. The summed E-state index contributed by atoms with van der Waals surface area (Å²) in [5.41, 5.74) is 5.05. The lowest BCUT2D eigenvalue weighted by Gasteiger charge is -2.25. The van der Waals surface area contributed by atoms with Crippen LogP contribution < -0.4 is 0 Å². The first-order valence-corrected chi connectivity index (χ1v) is 11.4. The van der Waals surface area contributed by atoms with Crippen LogP contribution in [0.15, 0.2) is 53.3 Å². The smallest absolute Gasteiger partial charge is 0.261 e. The number of allylic oxidation sites excluding steroid dienone is 6. The molecular weight excluding hydrogens is 383 g/mol. The van der Waals surface area contributed by atoms with Crippen molar-refractivity contribution in [1.29, 1.82) is 0 Å². The van der Waals surface area contributed by atoms with Crippen LogP contribution >= 0.6 is 0 Å². The maximum atomic E-state index is 12.1. The van der Waals surface area contributed by atoms with E-state index in [-0.39, 0.29) is 0 Å². The molecule has 0 spiro atoms. The van der Waals surface area contributed by atoms with E-state index >= 15 is 0 Å². The van der Waals surface area contributed by atoms with Crippen LogP contribution in [0.1, 0.15) is 83.9 Å². The number of alkyl halides is 3. The Hall–Kier alpha value is -1.84. The summed E-state index contributed by atoms with van der Waals surface area (Å²) >= 11 is 0. The minimum Gasteiger partial charge on any atom is -0.261 e. The number of nitrogens with zero attached hydrogens (tertiary/aromatic N) is 1. The Morgan fingerprint density at radius 3 is 2.43 bits per heavy atom. The van der Waals surface area contributed by atoms with Gasteiger partial charge in [0.25, 0.3) is 0 Å². The second-order valence-corrected chi connectivity index (χ2v) is 8.47. The van der Waals surface area contributed by atoms with E-state index in [0.29, 0.717) is 5.69 Å². The number of hydrogen-bond donors (Lipinski definition) is 0. The first-order chi connectivity index (χ1) is 14.3. The van der Waals surface area contributed by atoms with Crippen molar-refractivity contribution >= 4 is 0 Å². The Morgan fingerprint density at radius 2 is 1.90 bits per heavy atom. The summed E-state index contributed by atoms with van der Waals surface area (Å²) in [6.45, 7) is 8.91. The second kappa shape index (κ2) is 11.5. The van der Waals surface area contributed by atoms with Crippen LogP contribution in [0, 0.1) is 11.8 Å². The molecule has 0 N–H and O–H groups in total. The summed E-state index contributed by atoms with van der Waals surface area (Å²) in [6, 6.07) is 2.49. The van der Waals surface area contributed by atoms with Gasteiger partial charge in [0, 0.05) is 11.9 Å². The maximum absolute atomic E-state index is 12.1. The lowest BCUT2D eigenvalue weighted by atomic mass is 9.80. The molecule has 1 fully saturated rings. The summed E-state index contributed by atoms with van der Waals surface area (Å²) in [5, 5.41) is 0. The van der Waals surface area contributed by atoms with Crippen molar-refractivity contribution in [1.82, 2.24) is 4.98 Å². The first-order valence-electron chi connectivity index (χ1n) is 11.4. The molecule has 0 amide bonds. The van der Waals surface area contributed by atoms with Crippen molar-refractivity contribution in [3.05, 3.63) is 64.5 Å². The van der Waals surface area contributed by atoms with Gasteiger partial charge in [-0.3, -0.25) is 4.98 Å². The molecule has 1 saturated carbocycles. The van der Waals surface area contributed by atoms with Gasteiger partial charge in [-0.25, -0.2) is 0 Å². The van der Waals surface area contributed by atoms with E-state index in [1.54, 1.807) is 16.7 Å². The predicted molar refractivity (Wildman–Crippen MR) is 119 cm³/mol. The van der Waals surface area contributed by atoms with Crippen LogP contribution in [0.3, 0.4) is 0 Å². The normalized spacial score (nSPS) is 20.4. The minimum absolute atomic E-state index is 0.688. The fraction of sp³-hybridized carbons (Fsp3) is 0.577. The third kappa shape index (κ3) is 7.45. The molecule has 1 nitrogen and oxygen atoms in total. The highest BCUT2D eigenvalue weighted by atomic mass is 19.4. The summed E-state index contributed by atoms with van der Waals surface area (Å²) < 4.78 is 36.2. The molecule has 30 heavy (non-hydrogen) atoms. The fourth-order valence-electron chi connectivity index (χ4n) is 3.85. The number of pyridine rings is 1. The Bertz CT molecular complexity index is 749. The monoisotopic (exact) mass is 419 g/mol. The van der Waals surface area contributed by atoms with Gasteiger partial charge in [0.2, 0.25) is 0 Å². The quantitative estimate of drug-likeness (QED) is 0.421. The number of aromatic nitrogens is 1. The van der Waals surface area contributed by atoms with E-state index in [9.17, 15) is 13.2 Å². The third-order valence-electron chi connectivity index (χ3n) is 5.95. The summed E-state index contributed by atoms with van der Waals surface area (Å²) in [5.74, 6) is 1.68. The first kappa shape index (κ1) is 24.4. The summed E-state index contributed by atoms with van der Waals surface area (Å²) in [6.07, 6.45) is 13.2. The van der Waals surface area contributed by atoms with E-state index in [0.717, 1.165) is 43.4 Å². The highest BCUT2D eigenvalue weighted by molar-refractivity contribution is 5.42. The van der Waals surface area contributed by atoms with Crippen molar-refractivity contribution in [2.24, 2.45) is 11.8 Å². The molecule has 4 heteroatoms.